The van der Waals surface area contributed by atoms with Gasteiger partial charge in [0.25, 0.3) is 0 Å². The molecule has 0 aromatic carbocycles. The van der Waals surface area contributed by atoms with Gasteiger partial charge in [0.1, 0.15) is 24.6 Å². The molecular weight excluding hydrogens is 326 g/mol. The maximum atomic E-state index is 10.2. The van der Waals surface area contributed by atoms with Gasteiger partial charge in [0, 0.05) is 19.3 Å². The Morgan fingerprint density at radius 3 is 2.72 bits per heavy atom. The number of rotatable bonds is 3. The van der Waals surface area contributed by atoms with Crippen LogP contribution in [-0.2, 0) is 9.47 Å². The molecule has 2 aromatic rings. The van der Waals surface area contributed by atoms with Crippen molar-refractivity contribution < 1.29 is 19.7 Å². The lowest BCUT2D eigenvalue weighted by atomic mass is 10.1. The standard InChI is InChI=1S/C16H19N5O4/c1-2-10-12(22)13(23)16(25-10)21-8-19-11-14(17-7-18-15(11)21)20-9-3-5-24-6-4-9/h1,7-10,12-13,16,22-23H,3-6H2,(H,17,18,20)/t10-,12-,13-,16-/m1/s1. The summed E-state index contributed by atoms with van der Waals surface area (Å²) in [5, 5.41) is 23.6. The van der Waals surface area contributed by atoms with E-state index in [0.29, 0.717) is 30.2 Å². The van der Waals surface area contributed by atoms with Crippen molar-refractivity contribution in [3.8, 4) is 12.3 Å². The highest BCUT2D eigenvalue weighted by Crippen LogP contribution is 2.32. The molecule has 0 unspecified atom stereocenters. The number of hydrogen-bond acceptors (Lipinski definition) is 8. The minimum absolute atomic E-state index is 0.262. The molecule has 2 saturated heterocycles. The van der Waals surface area contributed by atoms with Crippen molar-refractivity contribution in [2.45, 2.75) is 43.4 Å². The van der Waals surface area contributed by atoms with Gasteiger partial charge in [-0.1, -0.05) is 5.92 Å². The average Bonchev–Trinajstić information content (AvgIpc) is 3.18. The normalized spacial score (nSPS) is 30.4. The maximum absolute atomic E-state index is 10.2. The molecule has 2 aromatic heterocycles. The van der Waals surface area contributed by atoms with Gasteiger partial charge in [-0.2, -0.15) is 0 Å². The molecule has 4 atom stereocenters. The molecule has 25 heavy (non-hydrogen) atoms. The predicted molar refractivity (Wildman–Crippen MR) is 87.5 cm³/mol. The summed E-state index contributed by atoms with van der Waals surface area (Å²) in [6, 6.07) is 0.262. The number of imidazole rings is 1. The van der Waals surface area contributed by atoms with Crippen molar-refractivity contribution in [2.75, 3.05) is 18.5 Å². The van der Waals surface area contributed by atoms with Gasteiger partial charge in [-0.05, 0) is 12.8 Å². The zero-order valence-electron chi connectivity index (χ0n) is 13.4. The number of aliphatic hydroxyl groups excluding tert-OH is 2. The van der Waals surface area contributed by atoms with Gasteiger partial charge in [0.15, 0.2) is 23.2 Å². The summed E-state index contributed by atoms with van der Waals surface area (Å²) < 4.78 is 12.5. The average molecular weight is 345 g/mol. The zero-order valence-corrected chi connectivity index (χ0v) is 13.4. The number of aliphatic hydroxyl groups is 2. The van der Waals surface area contributed by atoms with Crippen molar-refractivity contribution in [1.29, 1.82) is 0 Å². The first-order valence-corrected chi connectivity index (χ1v) is 8.18. The molecule has 0 bridgehead atoms. The van der Waals surface area contributed by atoms with Crippen LogP contribution in [0.15, 0.2) is 12.7 Å². The highest BCUT2D eigenvalue weighted by Gasteiger charge is 2.43. The molecule has 132 valence electrons. The number of nitrogens with one attached hydrogen (secondary N) is 1. The molecule has 3 N–H and O–H groups in total. The minimum atomic E-state index is -1.17. The van der Waals surface area contributed by atoms with Gasteiger partial charge >= 0.3 is 0 Å². The number of anilines is 1. The molecule has 0 amide bonds. The van der Waals surface area contributed by atoms with Gasteiger partial charge in [-0.25, -0.2) is 15.0 Å². The van der Waals surface area contributed by atoms with Gasteiger partial charge in [-0.3, -0.25) is 4.57 Å². The Morgan fingerprint density at radius 1 is 1.20 bits per heavy atom. The van der Waals surface area contributed by atoms with Crippen LogP contribution in [0.5, 0.6) is 0 Å². The van der Waals surface area contributed by atoms with E-state index in [1.165, 1.54) is 12.7 Å². The second-order valence-corrected chi connectivity index (χ2v) is 6.17. The Balaban J connectivity index is 1.64. The van der Waals surface area contributed by atoms with E-state index in [1.54, 1.807) is 4.57 Å². The van der Waals surface area contributed by atoms with Crippen LogP contribution in [0.1, 0.15) is 19.1 Å². The molecule has 0 radical (unpaired) electrons. The summed E-state index contributed by atoms with van der Waals surface area (Å²) >= 11 is 0. The zero-order chi connectivity index (χ0) is 17.4. The third kappa shape index (κ3) is 2.83. The molecule has 9 nitrogen and oxygen atoms in total. The Kier molecular flexibility index (Phi) is 4.27. The van der Waals surface area contributed by atoms with Crippen LogP contribution in [0, 0.1) is 12.3 Å². The van der Waals surface area contributed by atoms with Crippen molar-refractivity contribution in [3.63, 3.8) is 0 Å². The van der Waals surface area contributed by atoms with E-state index in [2.05, 4.69) is 26.2 Å². The van der Waals surface area contributed by atoms with Crippen LogP contribution in [-0.4, -0.2) is 67.3 Å². The maximum Gasteiger partial charge on any atom is 0.167 e. The fourth-order valence-electron chi connectivity index (χ4n) is 3.21. The van der Waals surface area contributed by atoms with Gasteiger partial charge in [0.05, 0.1) is 6.33 Å². The van der Waals surface area contributed by atoms with E-state index in [9.17, 15) is 10.2 Å². The van der Waals surface area contributed by atoms with Crippen LogP contribution in [0.2, 0.25) is 0 Å². The number of fused-ring (bicyclic) bond motifs is 1. The van der Waals surface area contributed by atoms with Crippen LogP contribution < -0.4 is 5.32 Å². The first-order valence-electron chi connectivity index (χ1n) is 8.18. The summed E-state index contributed by atoms with van der Waals surface area (Å²) in [6.07, 6.45) is 6.00. The number of ether oxygens (including phenoxy) is 2. The molecule has 0 spiro atoms. The largest absolute Gasteiger partial charge is 0.386 e. The van der Waals surface area contributed by atoms with Crippen LogP contribution in [0.3, 0.4) is 0 Å². The second kappa shape index (κ2) is 6.57. The molecule has 2 fully saturated rings. The van der Waals surface area contributed by atoms with Crippen molar-refractivity contribution in [1.82, 2.24) is 19.5 Å². The van der Waals surface area contributed by atoms with Crippen molar-refractivity contribution >= 4 is 17.0 Å². The van der Waals surface area contributed by atoms with Gasteiger partial charge in [0.2, 0.25) is 0 Å². The molecule has 4 heterocycles. The third-order valence-corrected chi connectivity index (χ3v) is 4.60. The van der Waals surface area contributed by atoms with Crippen LogP contribution in [0.25, 0.3) is 11.2 Å². The smallest absolute Gasteiger partial charge is 0.167 e. The summed E-state index contributed by atoms with van der Waals surface area (Å²) in [4.78, 5) is 12.9. The van der Waals surface area contributed by atoms with E-state index in [0.717, 1.165) is 12.8 Å². The first kappa shape index (κ1) is 16.2. The van der Waals surface area contributed by atoms with E-state index in [-0.39, 0.29) is 6.04 Å². The lowest BCUT2D eigenvalue weighted by Gasteiger charge is -2.23. The van der Waals surface area contributed by atoms with Crippen LogP contribution in [0.4, 0.5) is 5.82 Å². The Morgan fingerprint density at radius 2 is 2.00 bits per heavy atom. The monoisotopic (exact) mass is 345 g/mol. The topological polar surface area (TPSA) is 115 Å². The minimum Gasteiger partial charge on any atom is -0.386 e. The number of nitrogens with zero attached hydrogens (tertiary/aromatic N) is 4. The summed E-state index contributed by atoms with van der Waals surface area (Å²) in [6.45, 7) is 1.43. The SMILES string of the molecule is C#C[C@H]1O[C@@H](n2cnc3c(NC4CCOCC4)ncnc32)[C@H](O)[C@@H]1O. The highest BCUT2D eigenvalue weighted by molar-refractivity contribution is 5.82. The number of aromatic nitrogens is 4. The molecule has 4 rings (SSSR count). The van der Waals surface area contributed by atoms with Gasteiger partial charge in [-0.15, -0.1) is 6.42 Å². The summed E-state index contributed by atoms with van der Waals surface area (Å²) in [5.74, 6) is 2.95. The first-order chi connectivity index (χ1) is 12.2. The van der Waals surface area contributed by atoms with Gasteiger partial charge < -0.3 is 25.0 Å². The lowest BCUT2D eigenvalue weighted by Crippen LogP contribution is -2.30. The van der Waals surface area contributed by atoms with E-state index < -0.39 is 24.5 Å². The summed E-state index contributed by atoms with van der Waals surface area (Å²) in [5.41, 5.74) is 1.07. The van der Waals surface area contributed by atoms with Crippen LogP contribution >= 0.6 is 0 Å². The quantitative estimate of drug-likeness (QED) is 0.648. The number of hydrogen-bond donors (Lipinski definition) is 3. The second-order valence-electron chi connectivity index (χ2n) is 6.17. The fraction of sp³-hybridized carbons (Fsp3) is 0.562. The molecule has 0 saturated carbocycles. The molecule has 2 aliphatic rings. The predicted octanol–water partition coefficient (Wildman–Crippen LogP) is -0.330. The van der Waals surface area contributed by atoms with E-state index >= 15 is 0 Å². The lowest BCUT2D eigenvalue weighted by molar-refractivity contribution is -0.0230. The molecule has 0 aliphatic carbocycles. The van der Waals surface area contributed by atoms with Crippen molar-refractivity contribution in [3.05, 3.63) is 12.7 Å². The summed E-state index contributed by atoms with van der Waals surface area (Å²) in [7, 11) is 0. The van der Waals surface area contributed by atoms with E-state index in [1.807, 2.05) is 0 Å². The molecule has 2 aliphatic heterocycles. The molecular formula is C16H19N5O4. The van der Waals surface area contributed by atoms with Crippen molar-refractivity contribution in [2.24, 2.45) is 0 Å². The fourth-order valence-corrected chi connectivity index (χ4v) is 3.21. The third-order valence-electron chi connectivity index (χ3n) is 4.60. The Labute approximate surface area is 144 Å². The highest BCUT2D eigenvalue weighted by atomic mass is 16.6. The molecule has 9 heteroatoms. The Bertz CT molecular complexity index is 797. The number of terminal acetylenes is 1. The van der Waals surface area contributed by atoms with E-state index in [4.69, 9.17) is 15.9 Å². The Hall–Kier alpha value is -2.25.